The van der Waals surface area contributed by atoms with Gasteiger partial charge < -0.3 is 11.5 Å². The molecule has 0 fully saturated rings. The molecule has 0 aliphatic carbocycles. The van der Waals surface area contributed by atoms with Gasteiger partial charge in [-0.05, 0) is 0 Å². The van der Waals surface area contributed by atoms with E-state index in [2.05, 4.69) is 4.98 Å². The van der Waals surface area contributed by atoms with E-state index >= 15 is 0 Å². The summed E-state index contributed by atoms with van der Waals surface area (Å²) in [4.78, 5) is 3.69. The second kappa shape index (κ2) is 3.63. The largest absolute Gasteiger partial charge is 0.389 e. The second-order valence-electron chi connectivity index (χ2n) is 1.10. The molecule has 9 heavy (non-hydrogen) atoms. The highest BCUT2D eigenvalue weighted by atomic mass is 32.1. The molecule has 6 heteroatoms. The standard InChI is InChI=1S/C3H5N3S.N2/c4-2-1-6-3(5)7-2;1-2/h1H,4H2,(H2,5,6);. The number of nitrogens with two attached hydrogens (primary N) is 2. The molecule has 0 spiro atoms. The van der Waals surface area contributed by atoms with Gasteiger partial charge in [0, 0.05) is 10.8 Å². The van der Waals surface area contributed by atoms with E-state index in [1.807, 2.05) is 0 Å². The Kier molecular flexibility index (Phi) is 3.08. The summed E-state index contributed by atoms with van der Waals surface area (Å²) in [7, 11) is 0. The number of nitrogens with zero attached hydrogens (tertiary/aromatic N) is 3. The average Bonchev–Trinajstić information content (AvgIpc) is 2.20. The van der Waals surface area contributed by atoms with Crippen LogP contribution in [0.5, 0.6) is 0 Å². The zero-order valence-corrected chi connectivity index (χ0v) is 5.30. The second-order valence-corrected chi connectivity index (χ2v) is 2.19. The highest BCUT2D eigenvalue weighted by Gasteiger charge is 1.87. The van der Waals surface area contributed by atoms with Crippen LogP contribution >= 0.6 is 11.3 Å². The van der Waals surface area contributed by atoms with Gasteiger partial charge in [0.1, 0.15) is 5.00 Å². The summed E-state index contributed by atoms with van der Waals surface area (Å²) < 4.78 is 0. The maximum atomic E-state index is 6.00. The van der Waals surface area contributed by atoms with Crippen molar-refractivity contribution < 1.29 is 0 Å². The van der Waals surface area contributed by atoms with Crippen molar-refractivity contribution in [2.45, 2.75) is 0 Å². The minimum Gasteiger partial charge on any atom is -0.389 e. The molecule has 1 aromatic heterocycles. The Hall–Kier alpha value is -1.35. The van der Waals surface area contributed by atoms with Crippen molar-refractivity contribution in [2.75, 3.05) is 11.5 Å². The highest BCUT2D eigenvalue weighted by molar-refractivity contribution is 7.19. The van der Waals surface area contributed by atoms with Gasteiger partial charge in [0.2, 0.25) is 0 Å². The first-order valence-corrected chi connectivity index (χ1v) is 2.77. The first-order chi connectivity index (χ1) is 4.29. The predicted octanol–water partition coefficient (Wildman–Crippen LogP) is 0.338. The van der Waals surface area contributed by atoms with Gasteiger partial charge in [0.15, 0.2) is 5.13 Å². The molecule has 4 N–H and O–H groups in total. The van der Waals surface area contributed by atoms with Crippen molar-refractivity contribution >= 4 is 21.5 Å². The maximum Gasteiger partial charge on any atom is 0.181 e. The van der Waals surface area contributed by atoms with Crippen molar-refractivity contribution in [3.8, 4) is 0 Å². The average molecular weight is 143 g/mol. The molecular formula is C3H5N5S. The summed E-state index contributed by atoms with van der Waals surface area (Å²) in [6, 6.07) is 0. The SMILES string of the molecule is N#N.Nc1cnc(N)s1. The summed E-state index contributed by atoms with van der Waals surface area (Å²) in [5, 5.41) is 13.2. The monoisotopic (exact) mass is 143 g/mol. The normalized spacial score (nSPS) is 7.33. The summed E-state index contributed by atoms with van der Waals surface area (Å²) in [6.07, 6.45) is 1.54. The van der Waals surface area contributed by atoms with Crippen LogP contribution in [0.15, 0.2) is 6.20 Å². The minimum absolute atomic E-state index is 0.525. The maximum absolute atomic E-state index is 6.00. The number of aromatic nitrogens is 1. The fourth-order valence-corrected chi connectivity index (χ4v) is 0.753. The number of hydrogen-bond acceptors (Lipinski definition) is 6. The Morgan fingerprint density at radius 1 is 1.44 bits per heavy atom. The molecule has 0 saturated heterocycles. The van der Waals surface area contributed by atoms with Crippen LogP contribution in [0.1, 0.15) is 0 Å². The van der Waals surface area contributed by atoms with Gasteiger partial charge in [-0.3, -0.25) is 0 Å². The molecule has 0 atom stereocenters. The fourth-order valence-electron chi connectivity index (χ4n) is 0.301. The third-order valence-corrected chi connectivity index (χ3v) is 1.20. The van der Waals surface area contributed by atoms with E-state index in [0.29, 0.717) is 10.1 Å². The lowest BCUT2D eigenvalue weighted by molar-refractivity contribution is 1.15. The number of anilines is 2. The first-order valence-electron chi connectivity index (χ1n) is 1.96. The van der Waals surface area contributed by atoms with E-state index < -0.39 is 0 Å². The summed E-state index contributed by atoms with van der Waals surface area (Å²) in [6.45, 7) is 0. The minimum atomic E-state index is 0.525. The Bertz CT molecular complexity index is 175. The van der Waals surface area contributed by atoms with Crippen LogP contribution in [0.2, 0.25) is 0 Å². The molecule has 0 aromatic carbocycles. The molecule has 1 aromatic rings. The molecule has 0 aliphatic heterocycles. The lowest BCUT2D eigenvalue weighted by atomic mass is 10.9. The Morgan fingerprint density at radius 3 is 2.11 bits per heavy atom. The van der Waals surface area contributed by atoms with Crippen LogP contribution in [0.25, 0.3) is 0 Å². The quantitative estimate of drug-likeness (QED) is 0.508. The number of thiazole rings is 1. The van der Waals surface area contributed by atoms with Crippen molar-refractivity contribution in [3.63, 3.8) is 0 Å². The summed E-state index contributed by atoms with van der Waals surface area (Å²) in [5.41, 5.74) is 10.5. The van der Waals surface area contributed by atoms with Crippen molar-refractivity contribution in [3.05, 3.63) is 6.20 Å². The van der Waals surface area contributed by atoms with E-state index in [4.69, 9.17) is 22.3 Å². The first kappa shape index (κ1) is 7.65. The van der Waals surface area contributed by atoms with Gasteiger partial charge in [0.05, 0.1) is 6.20 Å². The molecule has 0 saturated carbocycles. The van der Waals surface area contributed by atoms with Crippen LogP contribution in [-0.2, 0) is 0 Å². The van der Waals surface area contributed by atoms with E-state index in [9.17, 15) is 0 Å². The lowest BCUT2D eigenvalue weighted by Crippen LogP contribution is -1.77. The molecule has 48 valence electrons. The van der Waals surface area contributed by atoms with Crippen LogP contribution in [0.4, 0.5) is 10.1 Å². The Morgan fingerprint density at radius 2 is 2.00 bits per heavy atom. The zero-order valence-electron chi connectivity index (χ0n) is 4.48. The van der Waals surface area contributed by atoms with Gasteiger partial charge in [-0.2, -0.15) is 0 Å². The summed E-state index contributed by atoms with van der Waals surface area (Å²) in [5.74, 6) is 0. The fraction of sp³-hybridized carbons (Fsp3) is 0. The van der Waals surface area contributed by atoms with Crippen LogP contribution in [-0.4, -0.2) is 4.98 Å². The third kappa shape index (κ3) is 2.46. The van der Waals surface area contributed by atoms with Crippen molar-refractivity contribution in [1.82, 2.24) is 4.98 Å². The van der Waals surface area contributed by atoms with E-state index in [1.165, 1.54) is 11.3 Å². The van der Waals surface area contributed by atoms with E-state index in [0.717, 1.165) is 0 Å². The number of rotatable bonds is 0. The molecule has 0 unspecified atom stereocenters. The number of nitrogen functional groups attached to an aromatic ring is 2. The zero-order chi connectivity index (χ0) is 7.28. The molecule has 5 nitrogen and oxygen atoms in total. The molecule has 1 rings (SSSR count). The smallest absolute Gasteiger partial charge is 0.181 e. The highest BCUT2D eigenvalue weighted by Crippen LogP contribution is 2.14. The Balaban J connectivity index is 0.000000291. The third-order valence-electron chi connectivity index (χ3n) is 0.541. The predicted molar refractivity (Wildman–Crippen MR) is 34.4 cm³/mol. The Labute approximate surface area is 55.7 Å². The van der Waals surface area contributed by atoms with Crippen molar-refractivity contribution in [1.29, 1.82) is 10.8 Å². The molecule has 0 aliphatic rings. The molecular weight excluding hydrogens is 138 g/mol. The van der Waals surface area contributed by atoms with Crippen LogP contribution in [0, 0.1) is 10.8 Å². The van der Waals surface area contributed by atoms with Gasteiger partial charge in [-0.15, -0.1) is 0 Å². The summed E-state index contributed by atoms with van der Waals surface area (Å²) >= 11 is 1.29. The molecule has 0 bridgehead atoms. The van der Waals surface area contributed by atoms with E-state index in [-0.39, 0.29) is 0 Å². The van der Waals surface area contributed by atoms with Gasteiger partial charge in [-0.1, -0.05) is 11.3 Å². The van der Waals surface area contributed by atoms with E-state index in [1.54, 1.807) is 6.20 Å². The molecule has 1 heterocycles. The molecule has 0 amide bonds. The molecule has 0 radical (unpaired) electrons. The van der Waals surface area contributed by atoms with Crippen molar-refractivity contribution in [2.24, 2.45) is 0 Å². The van der Waals surface area contributed by atoms with Crippen LogP contribution in [0.3, 0.4) is 0 Å². The number of hydrogen-bond donors (Lipinski definition) is 2. The van der Waals surface area contributed by atoms with Gasteiger partial charge >= 0.3 is 0 Å². The topological polar surface area (TPSA) is 113 Å². The lowest BCUT2D eigenvalue weighted by Gasteiger charge is -1.71. The van der Waals surface area contributed by atoms with Gasteiger partial charge in [-0.25, -0.2) is 4.98 Å². The van der Waals surface area contributed by atoms with Crippen LogP contribution < -0.4 is 11.5 Å². The van der Waals surface area contributed by atoms with Gasteiger partial charge in [0.25, 0.3) is 0 Å².